The quantitative estimate of drug-likeness (QED) is 0.501. The summed E-state index contributed by atoms with van der Waals surface area (Å²) in [6.45, 7) is 13.1. The third-order valence-electron chi connectivity index (χ3n) is 3.67. The van der Waals surface area contributed by atoms with Gasteiger partial charge in [-0.15, -0.1) is 0 Å². The van der Waals surface area contributed by atoms with Gasteiger partial charge in [-0.25, -0.2) is 4.79 Å². The number of hydrogen-bond acceptors (Lipinski definition) is 3. The highest BCUT2D eigenvalue weighted by Gasteiger charge is 2.26. The predicted molar refractivity (Wildman–Crippen MR) is 91.8 cm³/mol. The van der Waals surface area contributed by atoms with E-state index < -0.39 is 11.8 Å². The highest BCUT2D eigenvalue weighted by Crippen LogP contribution is 2.40. The minimum Gasteiger partial charge on any atom is -0.507 e. The first-order valence-corrected chi connectivity index (χ1v) is 7.59. The minimum atomic E-state index is -1.25. The number of benzene rings is 1. The molecule has 4 nitrogen and oxygen atoms in total. The van der Waals surface area contributed by atoms with E-state index in [0.29, 0.717) is 5.56 Å². The largest absolute Gasteiger partial charge is 0.507 e. The van der Waals surface area contributed by atoms with E-state index in [9.17, 15) is 19.8 Å². The zero-order valence-electron chi connectivity index (χ0n) is 14.9. The smallest absolute Gasteiger partial charge is 0.339 e. The van der Waals surface area contributed by atoms with Crippen molar-refractivity contribution in [2.24, 2.45) is 0 Å². The van der Waals surface area contributed by atoms with Gasteiger partial charge in [-0.1, -0.05) is 41.5 Å². The second-order valence-electron chi connectivity index (χ2n) is 7.88. The van der Waals surface area contributed by atoms with Crippen LogP contribution < -0.4 is 0 Å². The molecule has 0 aliphatic heterocycles. The van der Waals surface area contributed by atoms with Gasteiger partial charge in [-0.3, -0.25) is 4.79 Å². The SMILES string of the molecule is CC(=O)/C(=C/c1cc(C(C)(C)C)c(O)c(C(C)(C)C)c1)C(=O)O. The fraction of sp³-hybridized carbons (Fsp3) is 0.474. The minimum absolute atomic E-state index is 0.224. The van der Waals surface area contributed by atoms with Gasteiger partial charge in [0.1, 0.15) is 11.3 Å². The van der Waals surface area contributed by atoms with E-state index in [1.54, 1.807) is 12.1 Å². The van der Waals surface area contributed by atoms with Gasteiger partial charge in [-0.2, -0.15) is 0 Å². The molecule has 126 valence electrons. The van der Waals surface area contributed by atoms with Crippen LogP contribution in [0.25, 0.3) is 6.08 Å². The van der Waals surface area contributed by atoms with E-state index in [0.717, 1.165) is 11.1 Å². The van der Waals surface area contributed by atoms with Crippen LogP contribution in [0.2, 0.25) is 0 Å². The van der Waals surface area contributed by atoms with Crippen molar-refractivity contribution in [3.8, 4) is 5.75 Å². The van der Waals surface area contributed by atoms with E-state index in [4.69, 9.17) is 0 Å². The lowest BCUT2D eigenvalue weighted by atomic mass is 9.78. The molecule has 0 fully saturated rings. The van der Waals surface area contributed by atoms with E-state index in [-0.39, 0.29) is 22.2 Å². The molecule has 1 aromatic carbocycles. The van der Waals surface area contributed by atoms with Crippen LogP contribution in [0, 0.1) is 0 Å². The molecular formula is C19H26O4. The van der Waals surface area contributed by atoms with Crippen molar-refractivity contribution >= 4 is 17.8 Å². The molecule has 0 aliphatic rings. The molecule has 0 bridgehead atoms. The Labute approximate surface area is 137 Å². The fourth-order valence-electron chi connectivity index (χ4n) is 2.36. The van der Waals surface area contributed by atoms with E-state index in [2.05, 4.69) is 0 Å². The summed E-state index contributed by atoms with van der Waals surface area (Å²) in [7, 11) is 0. The van der Waals surface area contributed by atoms with E-state index >= 15 is 0 Å². The molecule has 0 saturated carbocycles. The molecule has 0 atom stereocenters. The zero-order chi connectivity index (χ0) is 18.2. The van der Waals surface area contributed by atoms with Crippen molar-refractivity contribution < 1.29 is 19.8 Å². The second-order valence-corrected chi connectivity index (χ2v) is 7.88. The number of carbonyl (C=O) groups is 2. The number of aromatic hydroxyl groups is 1. The summed E-state index contributed by atoms with van der Waals surface area (Å²) in [5.41, 5.74) is 1.16. The van der Waals surface area contributed by atoms with Gasteiger partial charge in [0.25, 0.3) is 0 Å². The van der Waals surface area contributed by atoms with Gasteiger partial charge >= 0.3 is 5.97 Å². The van der Waals surface area contributed by atoms with Crippen LogP contribution in [0.3, 0.4) is 0 Å². The Kier molecular flexibility index (Phi) is 5.10. The number of Topliss-reactive ketones (excluding diaryl/α,β-unsaturated/α-hetero) is 1. The Morgan fingerprint density at radius 3 is 1.61 bits per heavy atom. The van der Waals surface area contributed by atoms with Gasteiger partial charge in [0.05, 0.1) is 0 Å². The van der Waals surface area contributed by atoms with Crippen LogP contribution in [0.5, 0.6) is 5.75 Å². The van der Waals surface area contributed by atoms with Crippen molar-refractivity contribution in [2.75, 3.05) is 0 Å². The lowest BCUT2D eigenvalue weighted by Gasteiger charge is -2.28. The Morgan fingerprint density at radius 2 is 1.35 bits per heavy atom. The molecule has 0 spiro atoms. The van der Waals surface area contributed by atoms with Crippen molar-refractivity contribution in [2.45, 2.75) is 59.3 Å². The maximum Gasteiger partial charge on any atom is 0.339 e. The third kappa shape index (κ3) is 4.44. The number of phenolic OH excluding ortho intramolecular Hbond substituents is 1. The number of rotatable bonds is 3. The first kappa shape index (κ1) is 18.9. The van der Waals surface area contributed by atoms with Crippen molar-refractivity contribution in [3.63, 3.8) is 0 Å². The maximum absolute atomic E-state index is 11.5. The number of carboxylic acid groups (broad SMARTS) is 1. The van der Waals surface area contributed by atoms with Crippen LogP contribution >= 0.6 is 0 Å². The van der Waals surface area contributed by atoms with E-state index in [1.807, 2.05) is 41.5 Å². The standard InChI is InChI=1S/C19H26O4/c1-11(20)13(17(22)23)8-12-9-14(18(2,3)4)16(21)15(10-12)19(5,6)7/h8-10,21H,1-7H3,(H,22,23)/b13-8-. The third-order valence-corrected chi connectivity index (χ3v) is 3.67. The summed E-state index contributed by atoms with van der Waals surface area (Å²) < 4.78 is 0. The Bertz CT molecular complexity index is 617. The highest BCUT2D eigenvalue weighted by molar-refractivity contribution is 6.19. The molecular weight excluding hydrogens is 292 g/mol. The second kappa shape index (κ2) is 6.19. The molecule has 0 saturated heterocycles. The fourth-order valence-corrected chi connectivity index (χ4v) is 2.36. The summed E-state index contributed by atoms with van der Waals surface area (Å²) in [6, 6.07) is 3.49. The van der Waals surface area contributed by atoms with Crippen LogP contribution in [-0.4, -0.2) is 22.0 Å². The predicted octanol–water partition coefficient (Wildman–Crippen LogP) is 4.04. The molecule has 1 rings (SSSR count). The van der Waals surface area contributed by atoms with Crippen molar-refractivity contribution in [1.29, 1.82) is 0 Å². The van der Waals surface area contributed by atoms with Gasteiger partial charge in [0, 0.05) is 11.1 Å². The first-order chi connectivity index (χ1) is 10.2. The summed E-state index contributed by atoms with van der Waals surface area (Å²) in [5, 5.41) is 19.8. The zero-order valence-corrected chi connectivity index (χ0v) is 14.9. The van der Waals surface area contributed by atoms with Crippen LogP contribution in [-0.2, 0) is 20.4 Å². The Hall–Kier alpha value is -2.10. The molecule has 23 heavy (non-hydrogen) atoms. The molecule has 0 radical (unpaired) electrons. The van der Waals surface area contributed by atoms with Crippen LogP contribution in [0.1, 0.15) is 65.2 Å². The Morgan fingerprint density at radius 1 is 0.957 bits per heavy atom. The number of aliphatic carboxylic acids is 1. The average Bonchev–Trinajstić information content (AvgIpc) is 2.33. The number of hydrogen-bond donors (Lipinski definition) is 2. The first-order valence-electron chi connectivity index (χ1n) is 7.59. The number of phenols is 1. The average molecular weight is 318 g/mol. The molecule has 2 N–H and O–H groups in total. The molecule has 0 aliphatic carbocycles. The van der Waals surface area contributed by atoms with Crippen LogP contribution in [0.15, 0.2) is 17.7 Å². The van der Waals surface area contributed by atoms with Gasteiger partial charge in [-0.05, 0) is 41.5 Å². The van der Waals surface area contributed by atoms with Crippen LogP contribution in [0.4, 0.5) is 0 Å². The number of ketones is 1. The van der Waals surface area contributed by atoms with Crippen molar-refractivity contribution in [3.05, 3.63) is 34.4 Å². The monoisotopic (exact) mass is 318 g/mol. The summed E-state index contributed by atoms with van der Waals surface area (Å²) in [5.74, 6) is -1.53. The van der Waals surface area contributed by atoms with Gasteiger partial charge in [0.15, 0.2) is 5.78 Å². The lowest BCUT2D eigenvalue weighted by molar-refractivity contribution is -0.134. The van der Waals surface area contributed by atoms with Crippen molar-refractivity contribution in [1.82, 2.24) is 0 Å². The molecule has 0 unspecified atom stereocenters. The summed E-state index contributed by atoms with van der Waals surface area (Å²) in [4.78, 5) is 22.8. The van der Waals surface area contributed by atoms with E-state index in [1.165, 1.54) is 13.0 Å². The number of carboxylic acids is 1. The number of carbonyl (C=O) groups excluding carboxylic acids is 1. The lowest BCUT2D eigenvalue weighted by Crippen LogP contribution is -2.17. The molecule has 1 aromatic rings. The topological polar surface area (TPSA) is 74.6 Å². The normalized spacial score (nSPS) is 13.1. The highest BCUT2D eigenvalue weighted by atomic mass is 16.4. The Balaban J connectivity index is 3.73. The molecule has 0 aromatic heterocycles. The molecule has 0 heterocycles. The van der Waals surface area contributed by atoms with Gasteiger partial charge in [0.2, 0.25) is 0 Å². The summed E-state index contributed by atoms with van der Waals surface area (Å²) >= 11 is 0. The summed E-state index contributed by atoms with van der Waals surface area (Å²) in [6.07, 6.45) is 1.37. The maximum atomic E-state index is 11.5. The van der Waals surface area contributed by atoms with Gasteiger partial charge < -0.3 is 10.2 Å². The molecule has 4 heteroatoms. The molecule has 0 amide bonds.